The molecule has 1 saturated heterocycles. The summed E-state index contributed by atoms with van der Waals surface area (Å²) in [4.78, 5) is 28.8. The Labute approximate surface area is 233 Å². The van der Waals surface area contributed by atoms with Gasteiger partial charge >= 0.3 is 11.9 Å². The molecule has 4 atom stereocenters. The summed E-state index contributed by atoms with van der Waals surface area (Å²) in [6.07, 6.45) is 2.74. The van der Waals surface area contributed by atoms with Crippen LogP contribution in [0.2, 0.25) is 0 Å². The van der Waals surface area contributed by atoms with Crippen molar-refractivity contribution in [3.8, 4) is 11.5 Å². The number of fused-ring (bicyclic) bond motifs is 3. The van der Waals surface area contributed by atoms with Gasteiger partial charge in [-0.1, -0.05) is 0 Å². The molecule has 10 heteroatoms. The largest absolute Gasteiger partial charge is 0.497 e. The van der Waals surface area contributed by atoms with Gasteiger partial charge in [0, 0.05) is 6.54 Å². The number of ether oxygens (including phenoxy) is 5. The molecule has 4 aliphatic rings. The van der Waals surface area contributed by atoms with Gasteiger partial charge in [0.1, 0.15) is 5.76 Å². The summed E-state index contributed by atoms with van der Waals surface area (Å²) in [6, 6.07) is 3.90. The Morgan fingerprint density at radius 1 is 1.21 bits per heavy atom. The van der Waals surface area contributed by atoms with Gasteiger partial charge in [-0.25, -0.2) is 4.79 Å². The van der Waals surface area contributed by atoms with Crippen molar-refractivity contribution >= 4 is 11.9 Å². The predicted molar refractivity (Wildman–Crippen MR) is 139 cm³/mol. The molecule has 1 fully saturated rings. The summed E-state index contributed by atoms with van der Waals surface area (Å²) in [6.45, 7) is 4.92. The number of esters is 2. The van der Waals surface area contributed by atoms with E-state index in [-0.39, 0.29) is 26.1 Å². The van der Waals surface area contributed by atoms with Crippen LogP contribution < -0.4 is 9.47 Å². The van der Waals surface area contributed by atoms with Gasteiger partial charge in [0.25, 0.3) is 0 Å². The zero-order valence-corrected chi connectivity index (χ0v) is 22.7. The van der Waals surface area contributed by atoms with Gasteiger partial charge in [-0.05, 0) is 88.3 Å². The average Bonchev–Trinajstić information content (AvgIpc) is 3.55. The van der Waals surface area contributed by atoms with Crippen molar-refractivity contribution in [2.24, 2.45) is 0 Å². The van der Waals surface area contributed by atoms with E-state index in [0.717, 1.165) is 43.5 Å². The van der Waals surface area contributed by atoms with Gasteiger partial charge in [-0.15, -0.1) is 0 Å². The molecule has 1 aromatic carbocycles. The molecule has 3 heterocycles. The Bertz CT molecular complexity index is 1260. The summed E-state index contributed by atoms with van der Waals surface area (Å²) in [7, 11) is -1.54. The number of benzene rings is 1. The minimum Gasteiger partial charge on any atom is -0.497 e. The van der Waals surface area contributed by atoms with Crippen molar-refractivity contribution in [1.82, 2.24) is 4.90 Å². The number of hydrogen-bond acceptors (Lipinski definition) is 10. The number of hydrogen-bond donors (Lipinski definition) is 2. The molecule has 0 aromatic heterocycles. The van der Waals surface area contributed by atoms with E-state index in [4.69, 9.17) is 23.1 Å². The molecule has 214 valence electrons. The highest BCUT2D eigenvalue weighted by Crippen LogP contribution is 2.55. The molecule has 0 bridgehead atoms. The van der Waals surface area contributed by atoms with Gasteiger partial charge in [-0.2, -0.15) is 0 Å². The van der Waals surface area contributed by atoms with Crippen LogP contribution in [-0.4, -0.2) is 83.9 Å². The van der Waals surface area contributed by atoms with Crippen LogP contribution in [0.1, 0.15) is 73.5 Å². The molecule has 0 radical (unpaired) electrons. The lowest BCUT2D eigenvalue weighted by molar-refractivity contribution is -0.178. The van der Waals surface area contributed by atoms with Crippen LogP contribution in [-0.2, 0) is 30.2 Å². The van der Waals surface area contributed by atoms with Crippen molar-refractivity contribution < 1.29 is 47.6 Å². The van der Waals surface area contributed by atoms with Crippen LogP contribution >= 0.6 is 0 Å². The lowest BCUT2D eigenvalue weighted by atomic mass is 9.77. The van der Waals surface area contributed by atoms with E-state index in [2.05, 4.69) is 9.64 Å². The maximum atomic E-state index is 13.9. The Morgan fingerprint density at radius 3 is 2.69 bits per heavy atom. The third-order valence-corrected chi connectivity index (χ3v) is 8.51. The third kappa shape index (κ3) is 5.10. The lowest BCUT2D eigenvalue weighted by Gasteiger charge is -2.39. The molecule has 1 spiro atoms. The van der Waals surface area contributed by atoms with Crippen LogP contribution in [0.3, 0.4) is 0 Å². The number of methoxy groups -OCH3 is 2. The van der Waals surface area contributed by atoms with Crippen LogP contribution in [0, 0.1) is 0 Å². The Balaban J connectivity index is 1.49. The topological polar surface area (TPSA) is 124 Å². The molecule has 1 aliphatic carbocycles. The van der Waals surface area contributed by atoms with E-state index in [9.17, 15) is 19.8 Å². The van der Waals surface area contributed by atoms with Crippen LogP contribution in [0.4, 0.5) is 0 Å². The minimum atomic E-state index is -3.04. The van der Waals surface area contributed by atoms with Gasteiger partial charge in [0.2, 0.25) is 6.79 Å². The monoisotopic (exact) mass is 549 g/mol. The highest BCUT2D eigenvalue weighted by molar-refractivity contribution is 5.86. The molecular weight excluding hydrogens is 507 g/mol. The molecule has 0 saturated carbocycles. The summed E-state index contributed by atoms with van der Waals surface area (Å²) in [5.41, 5.74) is -2.03. The lowest BCUT2D eigenvalue weighted by Crippen LogP contribution is -2.49. The van der Waals surface area contributed by atoms with Crippen molar-refractivity contribution in [1.29, 1.82) is 0 Å². The van der Waals surface area contributed by atoms with Gasteiger partial charge in [0.05, 0.1) is 41.7 Å². The van der Waals surface area contributed by atoms with Crippen LogP contribution in [0.15, 0.2) is 24.0 Å². The quantitative estimate of drug-likeness (QED) is 0.351. The molecular formula is C29H39NO9. The molecule has 10 nitrogen and oxygen atoms in total. The molecule has 2 N–H and O–H groups in total. The van der Waals surface area contributed by atoms with E-state index < -0.39 is 54.2 Å². The first-order valence-electron chi connectivity index (χ1n) is 15.0. The summed E-state index contributed by atoms with van der Waals surface area (Å²) in [5, 5.41) is 21.7. The highest BCUT2D eigenvalue weighted by atomic mass is 16.7. The molecule has 39 heavy (non-hydrogen) atoms. The Kier molecular flexibility index (Phi) is 6.34. The zero-order valence-electron chi connectivity index (χ0n) is 25.7. The van der Waals surface area contributed by atoms with Crippen LogP contribution in [0.5, 0.6) is 11.5 Å². The fraction of sp³-hybridized carbons (Fsp3) is 0.655. The first kappa shape index (κ1) is 24.0. The maximum absolute atomic E-state index is 13.9. The minimum absolute atomic E-state index is 0.115. The van der Waals surface area contributed by atoms with E-state index in [1.54, 1.807) is 13.8 Å². The van der Waals surface area contributed by atoms with E-state index >= 15 is 0 Å². The van der Waals surface area contributed by atoms with E-state index in [1.165, 1.54) is 7.11 Å². The second kappa shape index (κ2) is 10.3. The fourth-order valence-corrected chi connectivity index (χ4v) is 6.67. The SMILES string of the molecule is [2H][13C]([2H])([2H])OC(=O)C[C@](O)(CCCC(C)(C)O)C(=O)O[C@@H]1C(OC)=C[C@]23CCCN2CCc2cc4c(cc2[C@H]13)OCO4. The van der Waals surface area contributed by atoms with Gasteiger partial charge in [0.15, 0.2) is 23.2 Å². The molecule has 0 unspecified atom stereocenters. The summed E-state index contributed by atoms with van der Waals surface area (Å²) >= 11 is 0. The smallest absolute Gasteiger partial charge is 0.339 e. The Morgan fingerprint density at radius 2 is 1.97 bits per heavy atom. The standard InChI is InChI=1S/C29H39NO9/c1-27(2,33)8-5-10-29(34,16-23(31)36-4)26(32)39-25-22(35-3)15-28-9-6-11-30(28)12-7-18-13-20-21(38-17-37-20)14-19(18)24(25)28/h13-15,24-25,33-34H,5-12,16-17H2,1-4H3/t24-,25-,28+,29-/m1/s1/i4+1D3. The van der Waals surface area contributed by atoms with Crippen LogP contribution in [0.25, 0.3) is 0 Å². The van der Waals surface area contributed by atoms with E-state index in [1.807, 2.05) is 18.2 Å². The second-order valence-electron chi connectivity index (χ2n) is 11.6. The second-order valence-corrected chi connectivity index (χ2v) is 11.6. The fourth-order valence-electron chi connectivity index (χ4n) is 6.67. The van der Waals surface area contributed by atoms with Crippen molar-refractivity contribution in [2.75, 3.05) is 34.0 Å². The third-order valence-electron chi connectivity index (χ3n) is 8.51. The normalized spacial score (nSPS) is 28.4. The van der Waals surface area contributed by atoms with Gasteiger partial charge < -0.3 is 33.9 Å². The number of nitrogens with zero attached hydrogens (tertiary/aromatic N) is 1. The first-order valence-corrected chi connectivity index (χ1v) is 13.5. The molecule has 1 aromatic rings. The number of carbonyl (C=O) groups excluding carboxylic acids is 2. The summed E-state index contributed by atoms with van der Waals surface area (Å²) < 4.78 is 49.4. The van der Waals surface area contributed by atoms with Crippen molar-refractivity contribution in [3.63, 3.8) is 0 Å². The first-order chi connectivity index (χ1) is 19.6. The van der Waals surface area contributed by atoms with E-state index in [0.29, 0.717) is 17.3 Å². The number of rotatable bonds is 9. The molecule has 5 rings (SSSR count). The van der Waals surface area contributed by atoms with Gasteiger partial charge in [-0.3, -0.25) is 9.69 Å². The number of aliphatic hydroxyl groups is 2. The molecule has 3 aliphatic heterocycles. The molecule has 0 amide bonds. The van der Waals surface area contributed by atoms with Crippen molar-refractivity contribution in [2.45, 2.75) is 87.6 Å². The maximum Gasteiger partial charge on any atom is 0.339 e. The van der Waals surface area contributed by atoms with Crippen molar-refractivity contribution in [3.05, 3.63) is 35.1 Å². The predicted octanol–water partition coefficient (Wildman–Crippen LogP) is 2.58. The average molecular weight is 550 g/mol. The zero-order chi connectivity index (χ0) is 30.5. The Hall–Kier alpha value is -2.82. The summed E-state index contributed by atoms with van der Waals surface area (Å²) in [5.74, 6) is -1.08. The highest BCUT2D eigenvalue weighted by Gasteiger charge is 2.59. The number of carbonyl (C=O) groups is 2.